The van der Waals surface area contributed by atoms with Crippen molar-refractivity contribution in [1.29, 1.82) is 0 Å². The summed E-state index contributed by atoms with van der Waals surface area (Å²) >= 11 is 5.90. The Bertz CT molecular complexity index is 1170. The molecule has 3 rings (SSSR count). The van der Waals surface area contributed by atoms with E-state index >= 15 is 0 Å². The summed E-state index contributed by atoms with van der Waals surface area (Å²) in [6, 6.07) is 12.3. The molecule has 0 aliphatic rings. The summed E-state index contributed by atoms with van der Waals surface area (Å²) in [7, 11) is 3.10. The van der Waals surface area contributed by atoms with Crippen LogP contribution in [-0.2, 0) is 34.8 Å². The molecule has 1 heterocycles. The van der Waals surface area contributed by atoms with Gasteiger partial charge in [-0.2, -0.15) is 0 Å². The normalized spacial score (nSPS) is 11.9. The molecule has 1 amide bonds. The number of benzene rings is 2. The van der Waals surface area contributed by atoms with E-state index < -0.39 is 10.0 Å². The number of imidazole rings is 1. The van der Waals surface area contributed by atoms with Gasteiger partial charge in [0.15, 0.2) is 0 Å². The minimum Gasteiger partial charge on any atom is -0.341 e. The second kappa shape index (κ2) is 8.75. The summed E-state index contributed by atoms with van der Waals surface area (Å²) in [5, 5.41) is 0.663. The fraction of sp³-hybridized carbons (Fsp3) is 0.333. The van der Waals surface area contributed by atoms with Gasteiger partial charge in [-0.3, -0.25) is 4.79 Å². The molecule has 160 valence electrons. The van der Waals surface area contributed by atoms with Crippen LogP contribution in [0.1, 0.15) is 17.8 Å². The van der Waals surface area contributed by atoms with E-state index in [1.54, 1.807) is 42.3 Å². The highest BCUT2D eigenvalue weighted by atomic mass is 35.5. The molecule has 0 spiro atoms. The SMILES string of the molecule is CN(Cc1ccc(Cl)cc1)C(=O)CCc1nc2cc(S(=O)(=O)N(C)C)ccc2n1C. The zero-order chi connectivity index (χ0) is 22.1. The number of carbonyl (C=O) groups excluding carboxylic acids is 1. The van der Waals surface area contributed by atoms with Crippen LogP contribution in [0.25, 0.3) is 11.0 Å². The first-order valence-electron chi connectivity index (χ1n) is 9.46. The average Bonchev–Trinajstić information content (AvgIpc) is 3.02. The summed E-state index contributed by atoms with van der Waals surface area (Å²) in [6.07, 6.45) is 0.773. The molecule has 0 bridgehead atoms. The molecule has 0 unspecified atom stereocenters. The maximum absolute atomic E-state index is 12.6. The van der Waals surface area contributed by atoms with Gasteiger partial charge in [0.25, 0.3) is 0 Å². The van der Waals surface area contributed by atoms with Crippen LogP contribution in [0.4, 0.5) is 0 Å². The Hall–Kier alpha value is -2.42. The predicted molar refractivity (Wildman–Crippen MR) is 118 cm³/mol. The first kappa shape index (κ1) is 22.3. The molecular formula is C21H25ClN4O3S. The molecule has 9 heteroatoms. The zero-order valence-electron chi connectivity index (χ0n) is 17.5. The number of amides is 1. The van der Waals surface area contributed by atoms with Crippen LogP contribution in [0, 0.1) is 0 Å². The lowest BCUT2D eigenvalue weighted by atomic mass is 10.2. The molecule has 0 aliphatic heterocycles. The molecular weight excluding hydrogens is 424 g/mol. The Kier molecular flexibility index (Phi) is 6.50. The van der Waals surface area contributed by atoms with Crippen LogP contribution in [0.15, 0.2) is 47.4 Å². The molecule has 30 heavy (non-hydrogen) atoms. The Morgan fingerprint density at radius 1 is 1.10 bits per heavy atom. The summed E-state index contributed by atoms with van der Waals surface area (Å²) < 4.78 is 27.8. The molecule has 1 aromatic heterocycles. The van der Waals surface area contributed by atoms with Crippen LogP contribution in [0.5, 0.6) is 0 Å². The highest BCUT2D eigenvalue weighted by Crippen LogP contribution is 2.22. The summed E-state index contributed by atoms with van der Waals surface area (Å²) in [5.74, 6) is 0.741. The van der Waals surface area contributed by atoms with E-state index in [4.69, 9.17) is 11.6 Å². The standard InChI is InChI=1S/C21H25ClN4O3S/c1-24(2)30(28,29)17-9-10-19-18(13-17)23-20(26(19)4)11-12-21(27)25(3)14-15-5-7-16(22)8-6-15/h5-10,13H,11-12,14H2,1-4H3. The van der Waals surface area contributed by atoms with Crippen molar-refractivity contribution in [3.05, 3.63) is 58.9 Å². The van der Waals surface area contributed by atoms with Crippen molar-refractivity contribution in [2.24, 2.45) is 7.05 Å². The van der Waals surface area contributed by atoms with Crippen molar-refractivity contribution in [3.63, 3.8) is 0 Å². The van der Waals surface area contributed by atoms with E-state index in [-0.39, 0.29) is 10.8 Å². The van der Waals surface area contributed by atoms with Gasteiger partial charge in [0.1, 0.15) is 5.82 Å². The van der Waals surface area contributed by atoms with E-state index in [1.165, 1.54) is 18.4 Å². The first-order valence-corrected chi connectivity index (χ1v) is 11.3. The van der Waals surface area contributed by atoms with Crippen molar-refractivity contribution in [3.8, 4) is 0 Å². The van der Waals surface area contributed by atoms with Gasteiger partial charge in [-0.25, -0.2) is 17.7 Å². The van der Waals surface area contributed by atoms with Crippen LogP contribution < -0.4 is 0 Å². The van der Waals surface area contributed by atoms with Crippen molar-refractivity contribution in [1.82, 2.24) is 18.8 Å². The van der Waals surface area contributed by atoms with Gasteiger partial charge in [-0.15, -0.1) is 0 Å². The van der Waals surface area contributed by atoms with Gasteiger partial charge in [0.05, 0.1) is 15.9 Å². The smallest absolute Gasteiger partial charge is 0.242 e. The quantitative estimate of drug-likeness (QED) is 0.556. The molecule has 0 atom stereocenters. The Morgan fingerprint density at radius 3 is 2.40 bits per heavy atom. The largest absolute Gasteiger partial charge is 0.341 e. The van der Waals surface area contributed by atoms with E-state index in [9.17, 15) is 13.2 Å². The van der Waals surface area contributed by atoms with E-state index in [1.807, 2.05) is 23.7 Å². The minimum absolute atomic E-state index is 0.00730. The van der Waals surface area contributed by atoms with Crippen molar-refractivity contribution >= 4 is 38.6 Å². The maximum atomic E-state index is 12.6. The predicted octanol–water partition coefficient (Wildman–Crippen LogP) is 3.07. The van der Waals surface area contributed by atoms with Crippen molar-refractivity contribution < 1.29 is 13.2 Å². The molecule has 7 nitrogen and oxygen atoms in total. The van der Waals surface area contributed by atoms with Gasteiger partial charge < -0.3 is 9.47 Å². The first-order chi connectivity index (χ1) is 14.1. The van der Waals surface area contributed by atoms with Crippen LogP contribution in [0.2, 0.25) is 5.02 Å². The minimum atomic E-state index is -3.53. The van der Waals surface area contributed by atoms with Crippen LogP contribution >= 0.6 is 11.6 Å². The van der Waals surface area contributed by atoms with Crippen molar-refractivity contribution in [2.75, 3.05) is 21.1 Å². The van der Waals surface area contributed by atoms with Gasteiger partial charge in [-0.1, -0.05) is 23.7 Å². The number of carbonyl (C=O) groups is 1. The lowest BCUT2D eigenvalue weighted by Gasteiger charge is -2.17. The number of fused-ring (bicyclic) bond motifs is 1. The molecule has 2 aromatic carbocycles. The lowest BCUT2D eigenvalue weighted by Crippen LogP contribution is -2.26. The third-order valence-electron chi connectivity index (χ3n) is 5.04. The second-order valence-corrected chi connectivity index (χ2v) is 9.99. The van der Waals surface area contributed by atoms with Gasteiger partial charge >= 0.3 is 0 Å². The Morgan fingerprint density at radius 2 is 1.77 bits per heavy atom. The zero-order valence-corrected chi connectivity index (χ0v) is 19.0. The highest BCUT2D eigenvalue weighted by Gasteiger charge is 2.19. The molecule has 0 aliphatic carbocycles. The van der Waals surface area contributed by atoms with Gasteiger partial charge in [0, 0.05) is 52.6 Å². The lowest BCUT2D eigenvalue weighted by molar-refractivity contribution is -0.130. The maximum Gasteiger partial charge on any atom is 0.242 e. The third kappa shape index (κ3) is 4.66. The average molecular weight is 449 g/mol. The van der Waals surface area contributed by atoms with Crippen LogP contribution in [-0.4, -0.2) is 54.2 Å². The van der Waals surface area contributed by atoms with Crippen LogP contribution in [0.3, 0.4) is 0 Å². The van der Waals surface area contributed by atoms with Gasteiger partial charge in [-0.05, 0) is 35.9 Å². The summed E-state index contributed by atoms with van der Waals surface area (Å²) in [4.78, 5) is 19.0. The number of hydrogen-bond donors (Lipinski definition) is 0. The summed E-state index contributed by atoms with van der Waals surface area (Å²) in [5.41, 5.74) is 2.43. The molecule has 0 fully saturated rings. The van der Waals surface area contributed by atoms with Crippen molar-refractivity contribution in [2.45, 2.75) is 24.3 Å². The molecule has 0 N–H and O–H groups in total. The number of rotatable bonds is 7. The fourth-order valence-electron chi connectivity index (χ4n) is 3.19. The molecule has 0 saturated carbocycles. The third-order valence-corrected chi connectivity index (χ3v) is 7.11. The van der Waals surface area contributed by atoms with E-state index in [2.05, 4.69) is 4.98 Å². The number of halogens is 1. The second-order valence-electron chi connectivity index (χ2n) is 7.40. The van der Waals surface area contributed by atoms with E-state index in [0.29, 0.717) is 29.9 Å². The number of nitrogens with zero attached hydrogens (tertiary/aromatic N) is 4. The number of aryl methyl sites for hydroxylation is 2. The molecule has 3 aromatic rings. The summed E-state index contributed by atoms with van der Waals surface area (Å²) in [6.45, 7) is 0.504. The molecule has 0 saturated heterocycles. The Labute approximate surface area is 181 Å². The molecule has 0 radical (unpaired) electrons. The fourth-order valence-corrected chi connectivity index (χ4v) is 4.23. The number of aromatic nitrogens is 2. The Balaban J connectivity index is 1.71. The number of hydrogen-bond acceptors (Lipinski definition) is 4. The topological polar surface area (TPSA) is 75.5 Å². The number of sulfonamides is 1. The van der Waals surface area contributed by atoms with Gasteiger partial charge in [0.2, 0.25) is 15.9 Å². The highest BCUT2D eigenvalue weighted by molar-refractivity contribution is 7.89. The van der Waals surface area contributed by atoms with E-state index in [0.717, 1.165) is 16.9 Å². The monoisotopic (exact) mass is 448 g/mol.